The molecule has 2 aliphatic heterocycles. The summed E-state index contributed by atoms with van der Waals surface area (Å²) in [5.74, 6) is 0.684. The van der Waals surface area contributed by atoms with Gasteiger partial charge in [-0.1, -0.05) is 91.6 Å². The number of anilines is 2. The molecule has 178 valence electrons. The molecule has 0 saturated heterocycles. The molecule has 1 saturated carbocycles. The van der Waals surface area contributed by atoms with E-state index in [1.165, 1.54) is 88.3 Å². The number of nitrogens with zero attached hydrogens (tertiary/aromatic N) is 2. The lowest BCUT2D eigenvalue weighted by Crippen LogP contribution is -2.29. The molecular weight excluding hydrogens is 436 g/mol. The minimum atomic E-state index is 0.684. The maximum atomic E-state index is 2.55. The van der Waals surface area contributed by atoms with Crippen molar-refractivity contribution in [3.05, 3.63) is 119 Å². The third-order valence-corrected chi connectivity index (χ3v) is 8.27. The van der Waals surface area contributed by atoms with E-state index < -0.39 is 0 Å². The fourth-order valence-electron chi connectivity index (χ4n) is 6.50. The Morgan fingerprint density at radius 1 is 0.611 bits per heavy atom. The van der Waals surface area contributed by atoms with Crippen LogP contribution in [0.15, 0.2) is 97.1 Å². The number of aryl methyl sites for hydroxylation is 1. The highest BCUT2D eigenvalue weighted by Gasteiger charge is 2.38. The molecule has 0 N–H and O–H groups in total. The van der Waals surface area contributed by atoms with Crippen molar-refractivity contribution in [2.45, 2.75) is 44.9 Å². The number of benzene rings is 4. The van der Waals surface area contributed by atoms with Crippen LogP contribution in [0.4, 0.5) is 11.4 Å². The van der Waals surface area contributed by atoms with Gasteiger partial charge in [0.05, 0.1) is 17.1 Å². The Morgan fingerprint density at radius 2 is 1.36 bits per heavy atom. The van der Waals surface area contributed by atoms with Gasteiger partial charge in [-0.2, -0.15) is 0 Å². The lowest BCUT2D eigenvalue weighted by Gasteiger charge is -2.33. The maximum Gasteiger partial charge on any atom is 0.100 e. The molecule has 0 spiro atoms. The molecule has 2 nitrogen and oxygen atoms in total. The Balaban J connectivity index is 1.51. The number of hydrogen-bond donors (Lipinski definition) is 0. The summed E-state index contributed by atoms with van der Waals surface area (Å²) in [5.41, 5.74) is 13.4. The summed E-state index contributed by atoms with van der Waals surface area (Å²) in [7, 11) is 0. The lowest BCUT2D eigenvalue weighted by atomic mass is 9.81. The van der Waals surface area contributed by atoms with Crippen LogP contribution < -0.4 is 9.80 Å². The van der Waals surface area contributed by atoms with Crippen molar-refractivity contribution in [3.8, 4) is 11.1 Å². The second kappa shape index (κ2) is 8.71. The molecule has 2 heteroatoms. The quantitative estimate of drug-likeness (QED) is 0.296. The van der Waals surface area contributed by atoms with Gasteiger partial charge in [0.2, 0.25) is 0 Å². The molecule has 1 fully saturated rings. The van der Waals surface area contributed by atoms with Crippen LogP contribution in [0, 0.1) is 6.92 Å². The monoisotopic (exact) mass is 468 g/mol. The summed E-state index contributed by atoms with van der Waals surface area (Å²) in [5, 5.41) is 0. The minimum absolute atomic E-state index is 0.684. The van der Waals surface area contributed by atoms with Crippen molar-refractivity contribution >= 4 is 22.8 Å². The SMILES string of the molecule is Cc1ccc2c(c1)-c1ccc(C3CCCCC3)cc1C1=C(c3ccccc3)N(c3ccccc3)CN12. The Morgan fingerprint density at radius 3 is 2.14 bits per heavy atom. The van der Waals surface area contributed by atoms with Crippen molar-refractivity contribution < 1.29 is 0 Å². The molecule has 1 aliphatic carbocycles. The first-order chi connectivity index (χ1) is 17.8. The highest BCUT2D eigenvalue weighted by molar-refractivity contribution is 6.12. The van der Waals surface area contributed by atoms with Gasteiger partial charge in [0.1, 0.15) is 6.67 Å². The molecule has 36 heavy (non-hydrogen) atoms. The van der Waals surface area contributed by atoms with Gasteiger partial charge in [-0.3, -0.25) is 0 Å². The van der Waals surface area contributed by atoms with E-state index in [0.717, 1.165) is 6.67 Å². The Hall–Kier alpha value is -3.78. The minimum Gasteiger partial charge on any atom is -0.321 e. The molecule has 4 aromatic carbocycles. The lowest BCUT2D eigenvalue weighted by molar-refractivity contribution is 0.443. The molecule has 0 atom stereocenters. The van der Waals surface area contributed by atoms with Crippen LogP contribution in [-0.2, 0) is 0 Å². The Kier molecular flexibility index (Phi) is 5.20. The summed E-state index contributed by atoms with van der Waals surface area (Å²) in [6.45, 7) is 3.02. The molecule has 0 radical (unpaired) electrons. The van der Waals surface area contributed by atoms with Crippen LogP contribution >= 0.6 is 0 Å². The van der Waals surface area contributed by atoms with Gasteiger partial charge >= 0.3 is 0 Å². The van der Waals surface area contributed by atoms with E-state index in [9.17, 15) is 0 Å². The molecule has 0 amide bonds. The summed E-state index contributed by atoms with van der Waals surface area (Å²) in [4.78, 5) is 5.05. The fraction of sp³-hybridized carbons (Fsp3) is 0.235. The molecule has 0 aromatic heterocycles. The number of hydrogen-bond acceptors (Lipinski definition) is 2. The molecule has 2 heterocycles. The second-order valence-corrected chi connectivity index (χ2v) is 10.6. The number of rotatable bonds is 3. The molecule has 4 aromatic rings. The van der Waals surface area contributed by atoms with Crippen LogP contribution in [0.1, 0.15) is 60.3 Å². The maximum absolute atomic E-state index is 2.55. The zero-order chi connectivity index (χ0) is 24.1. The zero-order valence-corrected chi connectivity index (χ0v) is 21.0. The fourth-order valence-corrected chi connectivity index (χ4v) is 6.50. The largest absolute Gasteiger partial charge is 0.321 e. The zero-order valence-electron chi connectivity index (χ0n) is 21.0. The first-order valence-corrected chi connectivity index (χ1v) is 13.4. The van der Waals surface area contributed by atoms with Crippen molar-refractivity contribution in [2.24, 2.45) is 0 Å². The Labute approximate surface area is 214 Å². The summed E-state index contributed by atoms with van der Waals surface area (Å²) in [6.07, 6.45) is 6.74. The van der Waals surface area contributed by atoms with Crippen LogP contribution in [0.25, 0.3) is 22.5 Å². The number of para-hydroxylation sites is 1. The van der Waals surface area contributed by atoms with Crippen molar-refractivity contribution in [1.29, 1.82) is 0 Å². The first kappa shape index (κ1) is 21.5. The van der Waals surface area contributed by atoms with Gasteiger partial charge in [-0.25, -0.2) is 0 Å². The van der Waals surface area contributed by atoms with E-state index in [4.69, 9.17) is 0 Å². The molecule has 7 rings (SSSR count). The van der Waals surface area contributed by atoms with Gasteiger partial charge in [0.15, 0.2) is 0 Å². The average molecular weight is 469 g/mol. The van der Waals surface area contributed by atoms with Gasteiger partial charge < -0.3 is 9.80 Å². The smallest absolute Gasteiger partial charge is 0.100 e. The van der Waals surface area contributed by atoms with E-state index in [1.54, 1.807) is 0 Å². The topological polar surface area (TPSA) is 6.48 Å². The first-order valence-electron chi connectivity index (χ1n) is 13.4. The van der Waals surface area contributed by atoms with Gasteiger partial charge in [0, 0.05) is 22.4 Å². The Bertz CT molecular complexity index is 1450. The second-order valence-electron chi connectivity index (χ2n) is 10.6. The summed E-state index contributed by atoms with van der Waals surface area (Å²) in [6, 6.07) is 36.1. The third kappa shape index (κ3) is 3.47. The molecule has 3 aliphatic rings. The van der Waals surface area contributed by atoms with E-state index in [-0.39, 0.29) is 0 Å². The van der Waals surface area contributed by atoms with Crippen LogP contribution in [0.2, 0.25) is 0 Å². The van der Waals surface area contributed by atoms with Crippen LogP contribution in [0.3, 0.4) is 0 Å². The predicted molar refractivity (Wildman–Crippen MR) is 152 cm³/mol. The van der Waals surface area contributed by atoms with E-state index >= 15 is 0 Å². The molecular formula is C34H32N2. The van der Waals surface area contributed by atoms with Gasteiger partial charge in [-0.15, -0.1) is 0 Å². The normalized spacial score (nSPS) is 17.1. The number of fused-ring (bicyclic) bond motifs is 6. The molecule has 0 bridgehead atoms. The van der Waals surface area contributed by atoms with Crippen molar-refractivity contribution in [1.82, 2.24) is 0 Å². The summed E-state index contributed by atoms with van der Waals surface area (Å²) < 4.78 is 0. The van der Waals surface area contributed by atoms with Crippen molar-refractivity contribution in [3.63, 3.8) is 0 Å². The third-order valence-electron chi connectivity index (χ3n) is 8.27. The molecule has 0 unspecified atom stereocenters. The highest BCUT2D eigenvalue weighted by atomic mass is 15.4. The predicted octanol–water partition coefficient (Wildman–Crippen LogP) is 8.83. The summed E-state index contributed by atoms with van der Waals surface area (Å²) >= 11 is 0. The van der Waals surface area contributed by atoms with Crippen LogP contribution in [0.5, 0.6) is 0 Å². The van der Waals surface area contributed by atoms with Crippen molar-refractivity contribution in [2.75, 3.05) is 16.5 Å². The van der Waals surface area contributed by atoms with Crippen LogP contribution in [-0.4, -0.2) is 6.67 Å². The highest BCUT2D eigenvalue weighted by Crippen LogP contribution is 2.52. The average Bonchev–Trinajstić information content (AvgIpc) is 3.35. The van der Waals surface area contributed by atoms with Gasteiger partial charge in [-0.05, 0) is 67.1 Å². The van der Waals surface area contributed by atoms with Gasteiger partial charge in [0.25, 0.3) is 0 Å². The van der Waals surface area contributed by atoms with E-state index in [1.807, 2.05) is 0 Å². The van der Waals surface area contributed by atoms with E-state index in [0.29, 0.717) is 5.92 Å². The standard InChI is InChI=1S/C34H32N2/c1-24-17-20-32-30(21-24)29-19-18-27(25-11-5-2-6-12-25)22-31(29)34-33(26-13-7-3-8-14-26)35(23-36(32)34)28-15-9-4-10-16-28/h3-4,7-10,13-22,25H,2,5-6,11-12,23H2,1H3. The van der Waals surface area contributed by atoms with E-state index in [2.05, 4.69) is 114 Å².